The number of methoxy groups -OCH3 is 1. The fourth-order valence-electron chi connectivity index (χ4n) is 1.54. The number of aryl methyl sites for hydroxylation is 1. The second kappa shape index (κ2) is 8.00. The highest BCUT2D eigenvalue weighted by Gasteiger charge is 2.08. The summed E-state index contributed by atoms with van der Waals surface area (Å²) in [7, 11) is 1.63. The van der Waals surface area contributed by atoms with Crippen molar-refractivity contribution in [3.05, 3.63) is 29.3 Å². The van der Waals surface area contributed by atoms with Crippen molar-refractivity contribution in [3.8, 4) is 5.75 Å². The molecule has 0 atom stereocenters. The Bertz CT molecular complexity index is 359. The molecule has 102 valence electrons. The number of benzene rings is 1. The smallest absolute Gasteiger partial charge is 0.272 e. The van der Waals surface area contributed by atoms with E-state index in [4.69, 9.17) is 9.47 Å². The topological polar surface area (TPSA) is 30.5 Å². The lowest BCUT2D eigenvalue weighted by atomic mass is 10.1. The predicted molar refractivity (Wildman–Crippen MR) is 66.3 cm³/mol. The molecule has 0 unspecified atom stereocenters. The molecule has 3 nitrogen and oxygen atoms in total. The fraction of sp³-hybridized carbons (Fsp3) is 0.538. The zero-order chi connectivity index (χ0) is 13.4. The number of nitrogens with one attached hydrogen (secondary N) is 1. The third-order valence-electron chi connectivity index (χ3n) is 2.38. The van der Waals surface area contributed by atoms with Crippen molar-refractivity contribution in [3.63, 3.8) is 0 Å². The average molecular weight is 259 g/mol. The zero-order valence-electron chi connectivity index (χ0n) is 10.7. The van der Waals surface area contributed by atoms with Gasteiger partial charge in [-0.3, -0.25) is 0 Å². The van der Waals surface area contributed by atoms with E-state index in [1.165, 1.54) is 0 Å². The number of hydrogen-bond donors (Lipinski definition) is 1. The molecular weight excluding hydrogens is 240 g/mol. The van der Waals surface area contributed by atoms with Crippen LogP contribution in [-0.2, 0) is 11.3 Å². The number of hydrogen-bond acceptors (Lipinski definition) is 3. The van der Waals surface area contributed by atoms with Gasteiger partial charge in [0.15, 0.2) is 0 Å². The highest BCUT2D eigenvalue weighted by molar-refractivity contribution is 5.36. The SMILES string of the molecule is COCCNCc1cc(C)ccc1OCC(F)F. The molecule has 1 N–H and O–H groups in total. The van der Waals surface area contributed by atoms with Gasteiger partial charge < -0.3 is 14.8 Å². The molecule has 0 bridgehead atoms. The van der Waals surface area contributed by atoms with Crippen LogP contribution in [0.4, 0.5) is 8.78 Å². The summed E-state index contributed by atoms with van der Waals surface area (Å²) in [6.45, 7) is 3.27. The van der Waals surface area contributed by atoms with Crippen LogP contribution in [0.1, 0.15) is 11.1 Å². The Morgan fingerprint density at radius 1 is 1.33 bits per heavy atom. The lowest BCUT2D eigenvalue weighted by molar-refractivity contribution is 0.0813. The van der Waals surface area contributed by atoms with Crippen LogP contribution in [-0.4, -0.2) is 33.3 Å². The summed E-state index contributed by atoms with van der Waals surface area (Å²) in [5, 5.41) is 3.17. The summed E-state index contributed by atoms with van der Waals surface area (Å²) in [6, 6.07) is 5.51. The largest absolute Gasteiger partial charge is 0.487 e. The van der Waals surface area contributed by atoms with Crippen molar-refractivity contribution in [1.82, 2.24) is 5.32 Å². The summed E-state index contributed by atoms with van der Waals surface area (Å²) in [5.41, 5.74) is 1.95. The Morgan fingerprint density at radius 2 is 2.11 bits per heavy atom. The maximum Gasteiger partial charge on any atom is 0.272 e. The van der Waals surface area contributed by atoms with Crippen LogP contribution in [0, 0.1) is 6.92 Å². The number of alkyl halides is 2. The molecule has 1 aromatic carbocycles. The lowest BCUT2D eigenvalue weighted by Crippen LogP contribution is -2.19. The first-order valence-corrected chi connectivity index (χ1v) is 5.83. The van der Waals surface area contributed by atoms with Crippen molar-refractivity contribution in [2.24, 2.45) is 0 Å². The van der Waals surface area contributed by atoms with Crippen molar-refractivity contribution in [2.45, 2.75) is 19.9 Å². The maximum atomic E-state index is 12.1. The van der Waals surface area contributed by atoms with Crippen LogP contribution < -0.4 is 10.1 Å². The Morgan fingerprint density at radius 3 is 2.78 bits per heavy atom. The minimum absolute atomic E-state index is 0.505. The molecule has 0 saturated carbocycles. The molecule has 0 heterocycles. The summed E-state index contributed by atoms with van der Waals surface area (Å²) >= 11 is 0. The summed E-state index contributed by atoms with van der Waals surface area (Å²) < 4.78 is 34.3. The van der Waals surface area contributed by atoms with E-state index in [9.17, 15) is 8.78 Å². The number of halogens is 2. The van der Waals surface area contributed by atoms with Gasteiger partial charge in [-0.15, -0.1) is 0 Å². The first-order chi connectivity index (χ1) is 8.63. The van der Waals surface area contributed by atoms with E-state index in [2.05, 4.69) is 5.32 Å². The van der Waals surface area contributed by atoms with Crippen molar-refractivity contribution < 1.29 is 18.3 Å². The second-order valence-corrected chi connectivity index (χ2v) is 3.98. The molecule has 0 aliphatic rings. The monoisotopic (exact) mass is 259 g/mol. The van der Waals surface area contributed by atoms with Gasteiger partial charge >= 0.3 is 0 Å². The molecule has 0 aromatic heterocycles. The van der Waals surface area contributed by atoms with Gasteiger partial charge in [0.25, 0.3) is 6.43 Å². The van der Waals surface area contributed by atoms with Crippen molar-refractivity contribution in [1.29, 1.82) is 0 Å². The molecule has 18 heavy (non-hydrogen) atoms. The molecule has 0 aliphatic carbocycles. The van der Waals surface area contributed by atoms with E-state index in [1.807, 2.05) is 19.1 Å². The van der Waals surface area contributed by atoms with Crippen LogP contribution in [0.15, 0.2) is 18.2 Å². The van der Waals surface area contributed by atoms with E-state index >= 15 is 0 Å². The van der Waals surface area contributed by atoms with Gasteiger partial charge in [0, 0.05) is 25.8 Å². The molecule has 0 radical (unpaired) electrons. The lowest BCUT2D eigenvalue weighted by Gasteiger charge is -2.12. The van der Waals surface area contributed by atoms with E-state index < -0.39 is 13.0 Å². The van der Waals surface area contributed by atoms with E-state index in [0.29, 0.717) is 25.4 Å². The minimum atomic E-state index is -2.46. The zero-order valence-corrected chi connectivity index (χ0v) is 10.7. The summed E-state index contributed by atoms with van der Waals surface area (Å²) in [4.78, 5) is 0. The van der Waals surface area contributed by atoms with E-state index in [-0.39, 0.29) is 0 Å². The summed E-state index contributed by atoms with van der Waals surface area (Å²) in [5.74, 6) is 0.505. The maximum absolute atomic E-state index is 12.1. The first kappa shape index (κ1) is 14.9. The van der Waals surface area contributed by atoms with Crippen LogP contribution in [0.2, 0.25) is 0 Å². The van der Waals surface area contributed by atoms with Crippen LogP contribution >= 0.6 is 0 Å². The van der Waals surface area contributed by atoms with Gasteiger partial charge in [-0.25, -0.2) is 8.78 Å². The van der Waals surface area contributed by atoms with Crippen LogP contribution in [0.5, 0.6) is 5.75 Å². The highest BCUT2D eigenvalue weighted by atomic mass is 19.3. The van der Waals surface area contributed by atoms with Crippen molar-refractivity contribution in [2.75, 3.05) is 26.9 Å². The molecule has 1 rings (SSSR count). The van der Waals surface area contributed by atoms with Crippen molar-refractivity contribution >= 4 is 0 Å². The first-order valence-electron chi connectivity index (χ1n) is 5.83. The molecule has 0 amide bonds. The Hall–Kier alpha value is -1.20. The van der Waals surface area contributed by atoms with E-state index in [0.717, 1.165) is 11.1 Å². The summed E-state index contributed by atoms with van der Waals surface area (Å²) in [6.07, 6.45) is -2.46. The highest BCUT2D eigenvalue weighted by Crippen LogP contribution is 2.20. The van der Waals surface area contributed by atoms with Gasteiger partial charge in [0.05, 0.1) is 6.61 Å². The standard InChI is InChI=1S/C13H19F2NO2/c1-10-3-4-12(18-9-13(14)15)11(7-10)8-16-5-6-17-2/h3-4,7,13,16H,5-6,8-9H2,1-2H3. The normalized spacial score (nSPS) is 10.9. The minimum Gasteiger partial charge on any atom is -0.487 e. The third-order valence-corrected chi connectivity index (χ3v) is 2.38. The average Bonchev–Trinajstić information content (AvgIpc) is 2.33. The third kappa shape index (κ3) is 5.42. The van der Waals surface area contributed by atoms with Crippen LogP contribution in [0.25, 0.3) is 0 Å². The van der Waals surface area contributed by atoms with E-state index in [1.54, 1.807) is 13.2 Å². The second-order valence-electron chi connectivity index (χ2n) is 3.98. The van der Waals surface area contributed by atoms with Crippen LogP contribution in [0.3, 0.4) is 0 Å². The molecular formula is C13H19F2NO2. The number of ether oxygens (including phenoxy) is 2. The Balaban J connectivity index is 2.58. The number of rotatable bonds is 8. The van der Waals surface area contributed by atoms with Gasteiger partial charge in [-0.2, -0.15) is 0 Å². The molecule has 0 aliphatic heterocycles. The Labute approximate surface area is 106 Å². The quantitative estimate of drug-likeness (QED) is 0.727. The Kier molecular flexibility index (Phi) is 6.60. The molecule has 0 saturated heterocycles. The fourth-order valence-corrected chi connectivity index (χ4v) is 1.54. The van der Waals surface area contributed by atoms with Gasteiger partial charge in [-0.1, -0.05) is 17.7 Å². The van der Waals surface area contributed by atoms with Gasteiger partial charge in [-0.05, 0) is 13.0 Å². The van der Waals surface area contributed by atoms with Gasteiger partial charge in [0.2, 0.25) is 0 Å². The van der Waals surface area contributed by atoms with Gasteiger partial charge in [0.1, 0.15) is 12.4 Å². The molecule has 5 heteroatoms. The molecule has 1 aromatic rings. The predicted octanol–water partition coefficient (Wildman–Crippen LogP) is 2.37. The molecule has 0 fully saturated rings. The molecule has 0 spiro atoms.